The molecular formula is C22H28N2O10. The fraction of sp³-hybridized carbons (Fsp3) is 0.455. The van der Waals surface area contributed by atoms with Crippen LogP contribution in [0.3, 0.4) is 0 Å². The van der Waals surface area contributed by atoms with Crippen molar-refractivity contribution in [1.82, 2.24) is 0 Å². The van der Waals surface area contributed by atoms with Crippen molar-refractivity contribution < 1.29 is 39.0 Å². The average molecular weight is 480 g/mol. The van der Waals surface area contributed by atoms with E-state index in [0.29, 0.717) is 19.0 Å². The number of benzene rings is 2. The average Bonchev–Trinajstić information content (AvgIpc) is 3.78. The first kappa shape index (κ1) is 26.9. The molecule has 2 aromatic carbocycles. The lowest BCUT2D eigenvalue weighted by Crippen LogP contribution is -2.05. The van der Waals surface area contributed by atoms with Gasteiger partial charge in [0.15, 0.2) is 11.5 Å². The van der Waals surface area contributed by atoms with Crippen molar-refractivity contribution in [3.63, 3.8) is 0 Å². The normalized spacial score (nSPS) is 19.1. The minimum atomic E-state index is -0.630. The summed E-state index contributed by atoms with van der Waals surface area (Å²) in [7, 11) is 0. The van der Waals surface area contributed by atoms with E-state index < -0.39 is 9.85 Å². The molecule has 34 heavy (non-hydrogen) atoms. The lowest BCUT2D eigenvalue weighted by atomic mass is 10.3. The number of hydrogen-bond donors (Lipinski definition) is 2. The Bertz CT molecular complexity index is 891. The van der Waals surface area contributed by atoms with Crippen LogP contribution >= 0.6 is 0 Å². The molecule has 3 aliphatic heterocycles. The SMILES string of the molecule is C1CCOC1.O=[N+]([O-])c1ccccc1O.O=[N+]([O-])c1ccccc1OCC1CO1.OCC1CO1. The number of phenols is 1. The molecule has 2 aromatic rings. The van der Waals surface area contributed by atoms with Gasteiger partial charge in [0, 0.05) is 25.3 Å². The Morgan fingerprint density at radius 1 is 0.882 bits per heavy atom. The summed E-state index contributed by atoms with van der Waals surface area (Å²) in [6.45, 7) is 4.02. The Morgan fingerprint density at radius 2 is 1.41 bits per heavy atom. The van der Waals surface area contributed by atoms with E-state index in [1.165, 1.54) is 43.2 Å². The fourth-order valence-electron chi connectivity index (χ4n) is 2.38. The largest absolute Gasteiger partial charge is 0.502 e. The molecule has 2 atom stereocenters. The van der Waals surface area contributed by atoms with E-state index in [1.807, 2.05) is 0 Å². The summed E-state index contributed by atoms with van der Waals surface area (Å²) >= 11 is 0. The molecule has 5 rings (SSSR count). The molecule has 0 radical (unpaired) electrons. The van der Waals surface area contributed by atoms with Crippen LogP contribution in [0.5, 0.6) is 11.5 Å². The van der Waals surface area contributed by atoms with Crippen LogP contribution in [-0.2, 0) is 14.2 Å². The van der Waals surface area contributed by atoms with Crippen molar-refractivity contribution in [3.05, 3.63) is 68.8 Å². The molecular weight excluding hydrogens is 452 g/mol. The highest BCUT2D eigenvalue weighted by molar-refractivity contribution is 5.45. The molecule has 12 heteroatoms. The molecule has 3 fully saturated rings. The highest BCUT2D eigenvalue weighted by atomic mass is 16.6. The molecule has 3 heterocycles. The molecule has 12 nitrogen and oxygen atoms in total. The molecule has 0 amide bonds. The predicted molar refractivity (Wildman–Crippen MR) is 120 cm³/mol. The van der Waals surface area contributed by atoms with Gasteiger partial charge in [0.2, 0.25) is 0 Å². The lowest BCUT2D eigenvalue weighted by Gasteiger charge is -2.03. The van der Waals surface area contributed by atoms with Gasteiger partial charge in [-0.2, -0.15) is 0 Å². The van der Waals surface area contributed by atoms with E-state index in [-0.39, 0.29) is 35.9 Å². The van der Waals surface area contributed by atoms with Crippen molar-refractivity contribution in [2.45, 2.75) is 25.0 Å². The summed E-state index contributed by atoms with van der Waals surface area (Å²) in [6, 6.07) is 11.9. The Balaban J connectivity index is 0.000000176. The number of epoxide rings is 2. The van der Waals surface area contributed by atoms with Crippen LogP contribution in [0.25, 0.3) is 0 Å². The maximum absolute atomic E-state index is 10.6. The van der Waals surface area contributed by atoms with E-state index in [4.69, 9.17) is 24.4 Å². The van der Waals surface area contributed by atoms with Crippen LogP contribution in [0.1, 0.15) is 12.8 Å². The predicted octanol–water partition coefficient (Wildman–Crippen LogP) is 2.85. The summed E-state index contributed by atoms with van der Waals surface area (Å²) < 4.78 is 19.7. The van der Waals surface area contributed by atoms with Gasteiger partial charge < -0.3 is 29.2 Å². The minimum Gasteiger partial charge on any atom is -0.502 e. The second-order valence-electron chi connectivity index (χ2n) is 7.19. The monoisotopic (exact) mass is 480 g/mol. The van der Waals surface area contributed by atoms with Gasteiger partial charge in [-0.1, -0.05) is 24.3 Å². The molecule has 3 aliphatic rings. The summed E-state index contributed by atoms with van der Waals surface area (Å²) in [5.74, 6) is 0.000463. The van der Waals surface area contributed by atoms with Crippen molar-refractivity contribution in [2.75, 3.05) is 39.6 Å². The Kier molecular flexibility index (Phi) is 11.7. The molecule has 186 valence electrons. The van der Waals surface area contributed by atoms with Gasteiger partial charge in [0.25, 0.3) is 0 Å². The second kappa shape index (κ2) is 14.8. The number of aliphatic hydroxyl groups excluding tert-OH is 1. The van der Waals surface area contributed by atoms with Gasteiger partial charge in [-0.15, -0.1) is 0 Å². The maximum atomic E-state index is 10.6. The third kappa shape index (κ3) is 11.0. The van der Waals surface area contributed by atoms with E-state index in [9.17, 15) is 20.2 Å². The van der Waals surface area contributed by atoms with Crippen LogP contribution in [0.4, 0.5) is 11.4 Å². The quantitative estimate of drug-likeness (QED) is 0.356. The topological polar surface area (TPSA) is 170 Å². The van der Waals surface area contributed by atoms with Crippen LogP contribution in [-0.4, -0.2) is 71.9 Å². The third-order valence-corrected chi connectivity index (χ3v) is 4.40. The molecule has 3 saturated heterocycles. The van der Waals surface area contributed by atoms with E-state index in [2.05, 4.69) is 4.74 Å². The van der Waals surface area contributed by atoms with E-state index in [0.717, 1.165) is 19.8 Å². The summed E-state index contributed by atoms with van der Waals surface area (Å²) in [4.78, 5) is 19.6. The summed E-state index contributed by atoms with van der Waals surface area (Å²) in [5.41, 5.74) is -0.268. The summed E-state index contributed by atoms with van der Waals surface area (Å²) in [5, 5.41) is 37.6. The third-order valence-electron chi connectivity index (χ3n) is 4.40. The molecule has 0 spiro atoms. The number of nitro groups is 2. The van der Waals surface area contributed by atoms with Gasteiger partial charge in [-0.3, -0.25) is 20.2 Å². The number of aromatic hydroxyl groups is 1. The number of nitro benzene ring substituents is 2. The van der Waals surface area contributed by atoms with Crippen molar-refractivity contribution in [1.29, 1.82) is 0 Å². The number of hydrogen-bond acceptors (Lipinski definition) is 10. The molecule has 0 saturated carbocycles. The zero-order valence-corrected chi connectivity index (χ0v) is 18.5. The first-order chi connectivity index (χ1) is 16.4. The van der Waals surface area contributed by atoms with Crippen molar-refractivity contribution in [3.8, 4) is 11.5 Å². The van der Waals surface area contributed by atoms with Gasteiger partial charge in [-0.05, 0) is 25.0 Å². The van der Waals surface area contributed by atoms with Gasteiger partial charge in [0.1, 0.15) is 18.8 Å². The maximum Gasteiger partial charge on any atom is 0.310 e. The molecule has 2 unspecified atom stereocenters. The van der Waals surface area contributed by atoms with Crippen LogP contribution in [0.2, 0.25) is 0 Å². The smallest absolute Gasteiger partial charge is 0.310 e. The molecule has 0 aromatic heterocycles. The number of para-hydroxylation sites is 4. The second-order valence-corrected chi connectivity index (χ2v) is 7.19. The van der Waals surface area contributed by atoms with E-state index in [1.54, 1.807) is 18.2 Å². The molecule has 0 bridgehead atoms. The van der Waals surface area contributed by atoms with Crippen LogP contribution < -0.4 is 4.74 Å². The van der Waals surface area contributed by atoms with Crippen LogP contribution in [0, 0.1) is 20.2 Å². The van der Waals surface area contributed by atoms with Gasteiger partial charge in [0.05, 0.1) is 29.7 Å². The Labute approximate surface area is 195 Å². The number of nitrogens with zero attached hydrogens (tertiary/aromatic N) is 2. The minimum absolute atomic E-state index is 0.00634. The van der Waals surface area contributed by atoms with Gasteiger partial charge >= 0.3 is 11.4 Å². The zero-order valence-electron chi connectivity index (χ0n) is 18.5. The number of phenolic OH excluding ortho intramolecular Hbond substituents is 1. The van der Waals surface area contributed by atoms with Gasteiger partial charge in [-0.25, -0.2) is 0 Å². The number of rotatable bonds is 6. The molecule has 2 N–H and O–H groups in total. The number of aliphatic hydroxyl groups is 1. The Hall–Kier alpha value is -3.32. The standard InChI is InChI=1S/C9H9NO4.C6H5NO3.C4H8O.C3H6O2/c11-10(12)8-3-1-2-4-9(8)14-6-7-5-13-7;8-6-4-2-1-3-5(6)7(9)10;1-2-4-5-3-1;4-1-3-2-5-3/h1-4,7H,5-6H2;1-4,8H;1-4H2;3-4H,1-2H2. The van der Waals surface area contributed by atoms with Crippen LogP contribution in [0.15, 0.2) is 48.5 Å². The zero-order chi connectivity index (χ0) is 24.8. The van der Waals surface area contributed by atoms with E-state index >= 15 is 0 Å². The fourth-order valence-corrected chi connectivity index (χ4v) is 2.38. The summed E-state index contributed by atoms with van der Waals surface area (Å²) in [6.07, 6.45) is 2.85. The highest BCUT2D eigenvalue weighted by Gasteiger charge is 2.24. The first-order valence-corrected chi connectivity index (χ1v) is 10.6. The van der Waals surface area contributed by atoms with Crippen molar-refractivity contribution >= 4 is 11.4 Å². The first-order valence-electron chi connectivity index (χ1n) is 10.6. The highest BCUT2D eigenvalue weighted by Crippen LogP contribution is 2.26. The molecule has 0 aliphatic carbocycles. The Morgan fingerprint density at radius 3 is 1.79 bits per heavy atom. The van der Waals surface area contributed by atoms with Crippen molar-refractivity contribution in [2.24, 2.45) is 0 Å². The number of ether oxygens (including phenoxy) is 4. The lowest BCUT2D eigenvalue weighted by molar-refractivity contribution is -0.386.